The van der Waals surface area contributed by atoms with Gasteiger partial charge in [-0.05, 0) is 24.3 Å². The van der Waals surface area contributed by atoms with Gasteiger partial charge in [-0.2, -0.15) is 13.2 Å². The first-order valence-corrected chi connectivity index (χ1v) is 8.71. The van der Waals surface area contributed by atoms with Crippen LogP contribution in [0.2, 0.25) is 0 Å². The van der Waals surface area contributed by atoms with Gasteiger partial charge in [0.05, 0.1) is 10.5 Å². The van der Waals surface area contributed by atoms with Gasteiger partial charge in [-0.25, -0.2) is 8.42 Å². The number of alkyl halides is 5. The van der Waals surface area contributed by atoms with Crippen molar-refractivity contribution < 1.29 is 44.6 Å². The van der Waals surface area contributed by atoms with Crippen LogP contribution >= 0.6 is 0 Å². The molecule has 2 aromatic carbocycles. The molecule has 0 spiro atoms. The van der Waals surface area contributed by atoms with Gasteiger partial charge >= 0.3 is 11.8 Å². The lowest BCUT2D eigenvalue weighted by Crippen LogP contribution is -2.25. The van der Waals surface area contributed by atoms with Crippen LogP contribution in [-0.4, -0.2) is 26.1 Å². The van der Waals surface area contributed by atoms with Crippen LogP contribution in [0.1, 0.15) is 10.4 Å². The molecule has 0 fully saturated rings. The number of rotatable bonds is 3. The number of benzene rings is 2. The lowest BCUT2D eigenvalue weighted by atomic mass is 10.1. The normalized spacial score (nSPS) is 15.3. The number of anilines is 2. The molecule has 13 heteroatoms. The Bertz CT molecular complexity index is 1070. The van der Waals surface area contributed by atoms with Gasteiger partial charge in [-0.15, -0.1) is 8.78 Å². The van der Waals surface area contributed by atoms with Crippen LogP contribution in [0.25, 0.3) is 0 Å². The first kappa shape index (κ1) is 19.7. The highest BCUT2D eigenvalue weighted by Crippen LogP contribution is 2.43. The number of carbonyl (C=O) groups is 1. The molecule has 0 saturated heterocycles. The van der Waals surface area contributed by atoms with Crippen molar-refractivity contribution in [2.24, 2.45) is 0 Å². The number of sulfone groups is 1. The molecule has 0 radical (unpaired) electrons. The summed E-state index contributed by atoms with van der Waals surface area (Å²) in [6.07, 6.45) is -3.94. The number of nitrogens with two attached hydrogens (primary N) is 1. The van der Waals surface area contributed by atoms with E-state index in [1.54, 1.807) is 0 Å². The van der Waals surface area contributed by atoms with Crippen molar-refractivity contribution in [3.05, 3.63) is 42.0 Å². The zero-order valence-electron chi connectivity index (χ0n) is 13.4. The van der Waals surface area contributed by atoms with E-state index in [0.717, 1.165) is 24.3 Å². The summed E-state index contributed by atoms with van der Waals surface area (Å²) in [6, 6.07) is 5.18. The number of carbonyl (C=O) groups excluding carboxylic acids is 1. The van der Waals surface area contributed by atoms with Gasteiger partial charge in [0.15, 0.2) is 11.5 Å². The molecule has 0 aromatic heterocycles. The van der Waals surface area contributed by atoms with Crippen LogP contribution in [0.5, 0.6) is 11.5 Å². The maximum Gasteiger partial charge on any atom is 0.586 e. The zero-order chi connectivity index (χ0) is 20.9. The standard InChI is InChI=1S/C15H9F5N2O5S/c16-14(17,18)28(24,25)8-3-1-2-7(4-8)22-13(23)9-5-11-12(6-10(9)21)27-15(19,20)26-11/h1-6H,21H2,(H,22,23). The molecular formula is C15H9F5N2O5S. The predicted molar refractivity (Wildman–Crippen MR) is 84.7 cm³/mol. The van der Waals surface area contributed by atoms with Crippen molar-refractivity contribution in [3.8, 4) is 11.5 Å². The van der Waals surface area contributed by atoms with Crippen molar-refractivity contribution >= 4 is 27.1 Å². The zero-order valence-corrected chi connectivity index (χ0v) is 14.2. The van der Waals surface area contributed by atoms with E-state index in [4.69, 9.17) is 5.73 Å². The predicted octanol–water partition coefficient (Wildman–Crippen LogP) is 3.14. The van der Waals surface area contributed by atoms with Gasteiger partial charge in [-0.1, -0.05) is 6.07 Å². The lowest BCUT2D eigenvalue weighted by molar-refractivity contribution is -0.286. The van der Waals surface area contributed by atoms with Gasteiger partial charge in [-0.3, -0.25) is 4.79 Å². The van der Waals surface area contributed by atoms with Crippen LogP contribution in [0.3, 0.4) is 0 Å². The number of hydrogen-bond donors (Lipinski definition) is 2. The van der Waals surface area contributed by atoms with E-state index < -0.39 is 43.9 Å². The number of hydrogen-bond acceptors (Lipinski definition) is 6. The number of amides is 1. The van der Waals surface area contributed by atoms with E-state index in [2.05, 4.69) is 14.8 Å². The highest BCUT2D eigenvalue weighted by molar-refractivity contribution is 7.92. The third-order valence-electron chi connectivity index (χ3n) is 3.52. The van der Waals surface area contributed by atoms with Crippen molar-refractivity contribution in [3.63, 3.8) is 0 Å². The smallest absolute Gasteiger partial charge is 0.398 e. The van der Waals surface area contributed by atoms with Crippen LogP contribution in [0, 0.1) is 0 Å². The summed E-state index contributed by atoms with van der Waals surface area (Å²) in [5.74, 6) is -1.88. The minimum atomic E-state index is -5.62. The minimum Gasteiger partial charge on any atom is -0.398 e. The average molecular weight is 424 g/mol. The molecule has 3 N–H and O–H groups in total. The Labute approximate surface area is 153 Å². The summed E-state index contributed by atoms with van der Waals surface area (Å²) < 4.78 is 95.3. The molecular weight excluding hydrogens is 415 g/mol. The average Bonchev–Trinajstić information content (AvgIpc) is 2.86. The van der Waals surface area contributed by atoms with Crippen LogP contribution < -0.4 is 20.5 Å². The first-order chi connectivity index (χ1) is 12.8. The topological polar surface area (TPSA) is 108 Å². The molecule has 0 saturated carbocycles. The van der Waals surface area contributed by atoms with Crippen molar-refractivity contribution in [2.75, 3.05) is 11.1 Å². The van der Waals surface area contributed by atoms with Gasteiger partial charge in [0.1, 0.15) is 0 Å². The highest BCUT2D eigenvalue weighted by Gasteiger charge is 2.47. The SMILES string of the molecule is Nc1cc2c(cc1C(=O)Nc1cccc(S(=O)(=O)C(F)(F)F)c1)OC(F)(F)O2. The number of ether oxygens (including phenoxy) is 2. The van der Waals surface area contributed by atoms with Crippen LogP contribution in [-0.2, 0) is 9.84 Å². The minimum absolute atomic E-state index is 0.281. The maximum absolute atomic E-state index is 13.1. The fraction of sp³-hybridized carbons (Fsp3) is 0.133. The van der Waals surface area contributed by atoms with E-state index in [9.17, 15) is 35.2 Å². The van der Waals surface area contributed by atoms with Crippen LogP contribution in [0.4, 0.5) is 33.3 Å². The molecule has 0 unspecified atom stereocenters. The summed E-state index contributed by atoms with van der Waals surface area (Å²) in [4.78, 5) is 11.2. The molecule has 1 amide bonds. The molecule has 1 heterocycles. The van der Waals surface area contributed by atoms with Gasteiger partial charge in [0.25, 0.3) is 15.7 Å². The van der Waals surface area contributed by atoms with E-state index >= 15 is 0 Å². The Hall–Kier alpha value is -3.09. The molecule has 1 aliphatic heterocycles. The number of nitrogens with one attached hydrogen (secondary N) is 1. The fourth-order valence-corrected chi connectivity index (χ4v) is 3.09. The second-order valence-electron chi connectivity index (χ2n) is 5.48. The largest absolute Gasteiger partial charge is 0.586 e. The number of halogens is 5. The Balaban J connectivity index is 1.89. The monoisotopic (exact) mass is 424 g/mol. The van der Waals surface area contributed by atoms with Crippen molar-refractivity contribution in [2.45, 2.75) is 16.7 Å². The van der Waals surface area contributed by atoms with E-state index in [0.29, 0.717) is 12.1 Å². The Morgan fingerprint density at radius 1 is 1.07 bits per heavy atom. The third-order valence-corrected chi connectivity index (χ3v) is 5.01. The lowest BCUT2D eigenvalue weighted by Gasteiger charge is -2.11. The molecule has 28 heavy (non-hydrogen) atoms. The molecule has 0 aliphatic carbocycles. The summed E-state index contributed by atoms with van der Waals surface area (Å²) in [5, 5.41) is 2.14. The summed E-state index contributed by atoms with van der Waals surface area (Å²) in [6.45, 7) is 0. The summed E-state index contributed by atoms with van der Waals surface area (Å²) in [7, 11) is -5.62. The second kappa shape index (κ2) is 6.22. The van der Waals surface area contributed by atoms with E-state index in [1.165, 1.54) is 0 Å². The van der Waals surface area contributed by atoms with Crippen molar-refractivity contribution in [1.82, 2.24) is 0 Å². The molecule has 2 aromatic rings. The Morgan fingerprint density at radius 2 is 1.68 bits per heavy atom. The molecule has 1 aliphatic rings. The second-order valence-corrected chi connectivity index (χ2v) is 7.43. The third kappa shape index (κ3) is 3.52. The quantitative estimate of drug-likeness (QED) is 0.579. The van der Waals surface area contributed by atoms with Crippen molar-refractivity contribution in [1.29, 1.82) is 0 Å². The Kier molecular flexibility index (Phi) is 4.37. The Morgan fingerprint density at radius 3 is 2.29 bits per heavy atom. The highest BCUT2D eigenvalue weighted by atomic mass is 32.2. The number of fused-ring (bicyclic) bond motifs is 1. The maximum atomic E-state index is 13.1. The number of nitrogen functional groups attached to an aromatic ring is 1. The summed E-state index contributed by atoms with van der Waals surface area (Å²) >= 11 is 0. The molecule has 0 atom stereocenters. The van der Waals surface area contributed by atoms with Gasteiger partial charge < -0.3 is 20.5 Å². The fourth-order valence-electron chi connectivity index (χ4n) is 2.28. The van der Waals surface area contributed by atoms with Gasteiger partial charge in [0, 0.05) is 17.4 Å². The van der Waals surface area contributed by atoms with E-state index in [-0.39, 0.29) is 16.9 Å². The molecule has 3 rings (SSSR count). The first-order valence-electron chi connectivity index (χ1n) is 7.22. The van der Waals surface area contributed by atoms with E-state index in [1.807, 2.05) is 0 Å². The molecule has 7 nitrogen and oxygen atoms in total. The molecule has 150 valence electrons. The summed E-state index contributed by atoms with van der Waals surface area (Å²) in [5.41, 5.74) is -0.836. The van der Waals surface area contributed by atoms with Crippen LogP contribution in [0.15, 0.2) is 41.3 Å². The molecule has 0 bridgehead atoms. The van der Waals surface area contributed by atoms with Gasteiger partial charge in [0.2, 0.25) is 0 Å².